The summed E-state index contributed by atoms with van der Waals surface area (Å²) in [5, 5.41) is 45.0. The molecule has 2 aliphatic heterocycles. The lowest BCUT2D eigenvalue weighted by Crippen LogP contribution is -2.60. The van der Waals surface area contributed by atoms with Crippen molar-refractivity contribution >= 4 is 75.9 Å². The highest BCUT2D eigenvalue weighted by Gasteiger charge is 2.39. The molecule has 0 spiro atoms. The molecule has 2 aromatic carbocycles. The average Bonchev–Trinajstić information content (AvgIpc) is 4.49. The molecule has 2 fully saturated rings. The van der Waals surface area contributed by atoms with Crippen LogP contribution in [0, 0.1) is 5.92 Å². The minimum Gasteiger partial charge on any atom is -0.508 e. The van der Waals surface area contributed by atoms with E-state index in [0.29, 0.717) is 41.6 Å². The number of aliphatic imine (C=N–C) groups is 1. The number of guanidine groups is 1. The van der Waals surface area contributed by atoms with Gasteiger partial charge in [0.2, 0.25) is 59.1 Å². The second kappa shape index (κ2) is 30.7. The summed E-state index contributed by atoms with van der Waals surface area (Å²) in [6, 6.07) is 2.91. The van der Waals surface area contributed by atoms with E-state index < -0.39 is 109 Å². The van der Waals surface area contributed by atoms with Crippen molar-refractivity contribution in [1.29, 1.82) is 0 Å². The number of nitrogens with one attached hydrogen (secondary N) is 11. The number of likely N-dealkylation sites (N-methyl/N-ethyl adjacent to an activating group) is 1. The molecule has 0 saturated carbocycles. The summed E-state index contributed by atoms with van der Waals surface area (Å²) in [4.78, 5) is 152. The van der Waals surface area contributed by atoms with E-state index in [2.05, 4.69) is 67.8 Å². The van der Waals surface area contributed by atoms with Crippen molar-refractivity contribution in [2.24, 2.45) is 22.4 Å². The molecule has 4 heterocycles. The number of rotatable bonds is 30. The molecule has 448 valence electrons. The number of phenols is 1. The number of nitrogens with zero attached hydrogens (tertiary/aromatic N) is 3. The van der Waals surface area contributed by atoms with Gasteiger partial charge in [0.15, 0.2) is 5.96 Å². The Bertz CT molecular complexity index is 2950. The van der Waals surface area contributed by atoms with Crippen LogP contribution in [0.2, 0.25) is 0 Å². The number of aromatic hydroxyl groups is 1. The van der Waals surface area contributed by atoms with Gasteiger partial charge in [-0.1, -0.05) is 44.2 Å². The molecule has 2 aliphatic rings. The van der Waals surface area contributed by atoms with Crippen LogP contribution in [-0.2, 0) is 67.2 Å². The van der Waals surface area contributed by atoms with Crippen LogP contribution < -0.4 is 59.3 Å². The molecule has 2 aromatic heterocycles. The average molecular weight is 1150 g/mol. The number of carbonyl (C=O) groups is 10. The van der Waals surface area contributed by atoms with Gasteiger partial charge in [0.1, 0.15) is 54.1 Å². The number of nitrogens with two attached hydrogens (primary N) is 2. The Balaban J connectivity index is 1.16. The molecule has 6 rings (SSSR count). The first-order chi connectivity index (χ1) is 39.7. The predicted octanol–water partition coefficient (Wildman–Crippen LogP) is -2.85. The Morgan fingerprint density at radius 1 is 0.759 bits per heavy atom. The summed E-state index contributed by atoms with van der Waals surface area (Å²) in [6.45, 7) is 4.47. The summed E-state index contributed by atoms with van der Waals surface area (Å²) >= 11 is 0. The summed E-state index contributed by atoms with van der Waals surface area (Å²) in [5.41, 5.74) is 13.2. The number of phenolic OH excluding ortho intramolecular Hbond substituents is 1. The molecule has 0 radical (unpaired) electrons. The van der Waals surface area contributed by atoms with Gasteiger partial charge in [0.05, 0.1) is 19.5 Å². The van der Waals surface area contributed by atoms with Gasteiger partial charge in [0.25, 0.3) is 0 Å². The highest BCUT2D eigenvalue weighted by atomic mass is 16.3. The van der Waals surface area contributed by atoms with Crippen LogP contribution in [-0.4, -0.2) is 176 Å². The second-order valence-corrected chi connectivity index (χ2v) is 20.9. The molecule has 0 bridgehead atoms. The Morgan fingerprint density at radius 2 is 1.42 bits per heavy atom. The third-order valence-corrected chi connectivity index (χ3v) is 14.0. The number of para-hydroxylation sites is 1. The number of benzene rings is 2. The van der Waals surface area contributed by atoms with E-state index in [1.165, 1.54) is 41.7 Å². The fourth-order valence-corrected chi connectivity index (χ4v) is 9.79. The lowest BCUT2D eigenvalue weighted by atomic mass is 10.0. The normalized spacial score (nSPS) is 16.9. The number of amides is 10. The van der Waals surface area contributed by atoms with E-state index >= 15 is 0 Å². The molecule has 0 unspecified atom stereocenters. The van der Waals surface area contributed by atoms with Crippen molar-refractivity contribution in [3.8, 4) is 5.75 Å². The first kappa shape index (κ1) is 63.1. The summed E-state index contributed by atoms with van der Waals surface area (Å²) in [5.74, 6) is -7.41. The Labute approximate surface area is 478 Å². The fraction of sp³-hybridized carbons (Fsp3) is 0.491. The second-order valence-electron chi connectivity index (χ2n) is 20.9. The molecule has 10 amide bonds. The van der Waals surface area contributed by atoms with Gasteiger partial charge >= 0.3 is 0 Å². The van der Waals surface area contributed by atoms with Crippen LogP contribution in [0.5, 0.6) is 5.75 Å². The number of aliphatic hydroxyl groups excluding tert-OH is 1. The molecule has 8 atom stereocenters. The van der Waals surface area contributed by atoms with Gasteiger partial charge in [-0.05, 0) is 80.7 Å². The SMILES string of the molecule is CCNC(=O)[C@@H]1CCCN1C(=O)[C@H](CCCN=C(N)N)NC(=O)[C@H](CC(C)C)NC(=O)CNC(=O)[C@H](Cc1ccc(O)cc1)NC(=O)[C@H](CO)NC(=O)[C@H](Cc1c[nH]c2ccccc12)NC(=O)[C@H](Cc1cnc[nH]1)NC(=O)[C@@H]1CCC(=O)N1. The van der Waals surface area contributed by atoms with E-state index in [1.54, 1.807) is 31.3 Å². The first-order valence-electron chi connectivity index (χ1n) is 27.7. The number of hydrogen-bond donors (Lipinski definition) is 15. The van der Waals surface area contributed by atoms with Gasteiger partial charge in [0, 0.05) is 74.3 Å². The molecular formula is C55H76N16O12. The maximum atomic E-state index is 14.4. The minimum atomic E-state index is -1.74. The third kappa shape index (κ3) is 18.7. The van der Waals surface area contributed by atoms with Crippen molar-refractivity contribution in [3.63, 3.8) is 0 Å². The lowest BCUT2D eigenvalue weighted by molar-refractivity contribution is -0.142. The van der Waals surface area contributed by atoms with E-state index in [4.69, 9.17) is 11.5 Å². The zero-order valence-electron chi connectivity index (χ0n) is 46.6. The monoisotopic (exact) mass is 1150 g/mol. The largest absolute Gasteiger partial charge is 0.508 e. The molecule has 83 heavy (non-hydrogen) atoms. The van der Waals surface area contributed by atoms with Crippen LogP contribution in [0.25, 0.3) is 10.9 Å². The number of imidazole rings is 1. The molecule has 2 saturated heterocycles. The van der Waals surface area contributed by atoms with Crippen molar-refractivity contribution < 1.29 is 58.2 Å². The Kier molecular flexibility index (Phi) is 23.3. The zero-order valence-corrected chi connectivity index (χ0v) is 46.6. The Hall–Kier alpha value is -9.08. The maximum Gasteiger partial charge on any atom is 0.245 e. The molecule has 28 nitrogen and oxygen atoms in total. The quantitative estimate of drug-likeness (QED) is 0.0142. The third-order valence-electron chi connectivity index (χ3n) is 14.0. The smallest absolute Gasteiger partial charge is 0.245 e. The highest BCUT2D eigenvalue weighted by Crippen LogP contribution is 2.22. The van der Waals surface area contributed by atoms with Crippen molar-refractivity contribution in [3.05, 3.63) is 84.1 Å². The maximum absolute atomic E-state index is 14.4. The Morgan fingerprint density at radius 3 is 2.07 bits per heavy atom. The van der Waals surface area contributed by atoms with Crippen LogP contribution in [0.3, 0.4) is 0 Å². The molecule has 28 heteroatoms. The summed E-state index contributed by atoms with van der Waals surface area (Å²) in [6.07, 6.45) is 5.78. The number of aromatic amines is 2. The number of H-pyrrole nitrogens is 2. The molecule has 17 N–H and O–H groups in total. The summed E-state index contributed by atoms with van der Waals surface area (Å²) in [7, 11) is 0. The van der Waals surface area contributed by atoms with Crippen LogP contribution in [0.1, 0.15) is 82.5 Å². The van der Waals surface area contributed by atoms with E-state index in [0.717, 1.165) is 5.52 Å². The van der Waals surface area contributed by atoms with Crippen LogP contribution in [0.4, 0.5) is 0 Å². The van der Waals surface area contributed by atoms with E-state index in [9.17, 15) is 58.2 Å². The van der Waals surface area contributed by atoms with E-state index in [1.807, 2.05) is 19.9 Å². The van der Waals surface area contributed by atoms with Crippen molar-refractivity contribution in [1.82, 2.24) is 67.7 Å². The number of likely N-dealkylation sites (tertiary alicyclic amines) is 1. The van der Waals surface area contributed by atoms with Crippen molar-refractivity contribution in [2.45, 2.75) is 133 Å². The van der Waals surface area contributed by atoms with Gasteiger partial charge in [-0.25, -0.2) is 4.98 Å². The highest BCUT2D eigenvalue weighted by molar-refractivity contribution is 5.99. The topological polar surface area (TPSA) is 432 Å². The standard InChI is InChI=1S/C55H76N16O12/c1-4-59-53(82)44-12-8-20-71(44)54(83)38(11-7-19-60-55(56)57)66-49(78)39(21-30(2)3)65-46(75)27-62-47(76)40(22-31-13-15-34(73)16-14-31)67-52(81)43(28-72)70-50(79)41(23-32-25-61-36-10-6-5-9-35(32)36)68-51(80)42(24-33-26-58-29-63-33)69-48(77)37-17-18-45(74)64-37/h5-6,9-10,13-16,25-26,29-30,37-44,61,72-73H,4,7-8,11-12,17-24,27-28H2,1-3H3,(H,58,63)(H,59,82)(H,62,76)(H,64,74)(H,65,75)(H,66,78)(H,67,81)(H,68,80)(H,69,77)(H,70,79)(H4,56,57,60)/t37-,38-,39-,40-,41-,42-,43-,44-/m0/s1. The van der Waals surface area contributed by atoms with Gasteiger partial charge in [-0.2, -0.15) is 0 Å². The number of fused-ring (bicyclic) bond motifs is 1. The number of aliphatic hydroxyl groups is 1. The minimum absolute atomic E-state index is 0.0913. The van der Waals surface area contributed by atoms with Gasteiger partial charge < -0.3 is 84.4 Å². The zero-order chi connectivity index (χ0) is 60.2. The van der Waals surface area contributed by atoms with Gasteiger partial charge in [-0.15, -0.1) is 0 Å². The predicted molar refractivity (Wildman–Crippen MR) is 302 cm³/mol. The summed E-state index contributed by atoms with van der Waals surface area (Å²) < 4.78 is 0. The van der Waals surface area contributed by atoms with Crippen molar-refractivity contribution in [2.75, 3.05) is 32.8 Å². The number of carbonyl (C=O) groups excluding carboxylic acids is 10. The molecular weight excluding hydrogens is 1080 g/mol. The number of hydrogen-bond acceptors (Lipinski definition) is 14. The number of aromatic nitrogens is 3. The molecule has 0 aliphatic carbocycles. The van der Waals surface area contributed by atoms with Gasteiger partial charge in [-0.3, -0.25) is 52.9 Å². The first-order valence-corrected chi connectivity index (χ1v) is 27.7. The molecule has 4 aromatic rings. The lowest BCUT2D eigenvalue weighted by Gasteiger charge is -2.30. The van der Waals surface area contributed by atoms with Crippen LogP contribution in [0.15, 0.2) is 72.2 Å². The fourth-order valence-electron chi connectivity index (χ4n) is 9.79. The van der Waals surface area contributed by atoms with Crippen LogP contribution >= 0.6 is 0 Å². The van der Waals surface area contributed by atoms with E-state index in [-0.39, 0.29) is 93.9 Å².